The lowest BCUT2D eigenvalue weighted by Gasteiger charge is -2.19. The molecule has 9 aromatic rings. The molecule has 4 nitrogen and oxygen atoms in total. The third-order valence-corrected chi connectivity index (χ3v) is 9.50. The molecule has 0 spiro atoms. The SMILES string of the molecule is Cn1c2ccccc2c2c(-c3c(O)ccc4ccccc34)c3c(c(-c4c(O)ccc5ccccc45)c21)c1ccccc1n3C. The molecule has 0 saturated carbocycles. The van der Waals surface area contributed by atoms with Crippen molar-refractivity contribution in [3.05, 3.63) is 121 Å². The van der Waals surface area contributed by atoms with E-state index in [1.807, 2.05) is 48.5 Å². The zero-order chi connectivity index (χ0) is 29.7. The smallest absolute Gasteiger partial charge is 0.124 e. The summed E-state index contributed by atoms with van der Waals surface area (Å²) in [4.78, 5) is 0. The maximum atomic E-state index is 11.7. The van der Waals surface area contributed by atoms with E-state index in [0.717, 1.165) is 87.4 Å². The van der Waals surface area contributed by atoms with Gasteiger partial charge >= 0.3 is 0 Å². The van der Waals surface area contributed by atoms with Gasteiger partial charge in [-0.3, -0.25) is 0 Å². The van der Waals surface area contributed by atoms with Gasteiger partial charge in [-0.1, -0.05) is 97.1 Å². The van der Waals surface area contributed by atoms with E-state index in [1.165, 1.54) is 0 Å². The lowest BCUT2D eigenvalue weighted by Crippen LogP contribution is -1.97. The van der Waals surface area contributed by atoms with Crippen molar-refractivity contribution in [2.24, 2.45) is 14.1 Å². The van der Waals surface area contributed by atoms with Crippen LogP contribution >= 0.6 is 0 Å². The van der Waals surface area contributed by atoms with Crippen molar-refractivity contribution in [3.8, 4) is 33.8 Å². The molecule has 2 heterocycles. The lowest BCUT2D eigenvalue weighted by molar-refractivity contribution is 0.477. The second-order valence-electron chi connectivity index (χ2n) is 11.7. The third-order valence-electron chi connectivity index (χ3n) is 9.50. The second kappa shape index (κ2) is 8.88. The van der Waals surface area contributed by atoms with Crippen molar-refractivity contribution in [3.63, 3.8) is 0 Å². The summed E-state index contributed by atoms with van der Waals surface area (Å²) in [5.41, 5.74) is 7.82. The van der Waals surface area contributed by atoms with Crippen LogP contribution in [0.15, 0.2) is 121 Å². The largest absolute Gasteiger partial charge is 0.507 e. The van der Waals surface area contributed by atoms with E-state index in [9.17, 15) is 10.2 Å². The Labute approximate surface area is 253 Å². The summed E-state index contributed by atoms with van der Waals surface area (Å²) >= 11 is 0. The van der Waals surface area contributed by atoms with E-state index < -0.39 is 0 Å². The summed E-state index contributed by atoms with van der Waals surface area (Å²) < 4.78 is 4.52. The number of aromatic hydroxyl groups is 2. The van der Waals surface area contributed by atoms with Crippen LogP contribution in [0.2, 0.25) is 0 Å². The number of para-hydroxylation sites is 2. The van der Waals surface area contributed by atoms with Crippen LogP contribution in [0, 0.1) is 0 Å². The minimum absolute atomic E-state index is 0.241. The van der Waals surface area contributed by atoms with Gasteiger partial charge in [-0.25, -0.2) is 0 Å². The number of hydrogen-bond donors (Lipinski definition) is 2. The minimum Gasteiger partial charge on any atom is -0.507 e. The van der Waals surface area contributed by atoms with E-state index in [-0.39, 0.29) is 11.5 Å². The molecule has 210 valence electrons. The Morgan fingerprint density at radius 1 is 0.386 bits per heavy atom. The van der Waals surface area contributed by atoms with Crippen LogP contribution in [0.3, 0.4) is 0 Å². The Balaban J connectivity index is 1.68. The summed E-state index contributed by atoms with van der Waals surface area (Å²) in [5.74, 6) is 0.482. The summed E-state index contributed by atoms with van der Waals surface area (Å²) in [5, 5.41) is 31.9. The van der Waals surface area contributed by atoms with Gasteiger partial charge in [0.05, 0.1) is 11.0 Å². The molecular weight excluding hydrogens is 540 g/mol. The van der Waals surface area contributed by atoms with Crippen molar-refractivity contribution in [1.82, 2.24) is 9.13 Å². The quantitative estimate of drug-likeness (QED) is 0.218. The highest BCUT2D eigenvalue weighted by Crippen LogP contribution is 2.54. The van der Waals surface area contributed by atoms with Crippen molar-refractivity contribution < 1.29 is 10.2 Å². The summed E-state index contributed by atoms with van der Waals surface area (Å²) in [6.45, 7) is 0. The predicted molar refractivity (Wildman–Crippen MR) is 184 cm³/mol. The molecule has 0 radical (unpaired) electrons. The van der Waals surface area contributed by atoms with Crippen LogP contribution in [-0.2, 0) is 14.1 Å². The van der Waals surface area contributed by atoms with Gasteiger partial charge in [0, 0.05) is 68.9 Å². The first kappa shape index (κ1) is 24.8. The van der Waals surface area contributed by atoms with Crippen molar-refractivity contribution >= 4 is 65.2 Å². The summed E-state index contributed by atoms with van der Waals surface area (Å²) in [6.07, 6.45) is 0. The summed E-state index contributed by atoms with van der Waals surface area (Å²) in [6, 6.07) is 41.1. The number of phenolic OH excluding ortho intramolecular Hbond substituents is 2. The molecular formula is C40H28N2O2. The molecule has 0 amide bonds. The number of rotatable bonds is 2. The fraction of sp³-hybridized carbons (Fsp3) is 0.0500. The van der Waals surface area contributed by atoms with E-state index >= 15 is 0 Å². The van der Waals surface area contributed by atoms with Crippen LogP contribution in [0.4, 0.5) is 0 Å². The van der Waals surface area contributed by atoms with Gasteiger partial charge in [0.2, 0.25) is 0 Å². The topological polar surface area (TPSA) is 50.3 Å². The second-order valence-corrected chi connectivity index (χ2v) is 11.7. The van der Waals surface area contributed by atoms with Crippen LogP contribution in [0.5, 0.6) is 11.5 Å². The first-order valence-corrected chi connectivity index (χ1v) is 14.9. The number of aryl methyl sites for hydroxylation is 2. The number of fused-ring (bicyclic) bond motifs is 8. The molecule has 9 rings (SSSR count). The standard InChI is InChI=1S/C40H28N2O2/c1-41-29-17-9-7-15-27(29)35-38(34-26-14-6-4-12-24(26)20-22-32(34)44)40-36(28-16-8-10-18-30(28)42(40)2)37(39(35)41)33-25-13-5-3-11-23(25)19-21-31(33)43/h3-22,43-44H,1-2H3. The van der Waals surface area contributed by atoms with Gasteiger partial charge in [-0.15, -0.1) is 0 Å². The molecule has 0 atom stereocenters. The maximum Gasteiger partial charge on any atom is 0.124 e. The van der Waals surface area contributed by atoms with Gasteiger partial charge in [0.15, 0.2) is 0 Å². The number of phenols is 2. The van der Waals surface area contributed by atoms with Crippen molar-refractivity contribution in [2.75, 3.05) is 0 Å². The monoisotopic (exact) mass is 568 g/mol. The lowest BCUT2D eigenvalue weighted by atomic mass is 9.86. The molecule has 4 heteroatoms. The molecule has 44 heavy (non-hydrogen) atoms. The van der Waals surface area contributed by atoms with E-state index in [0.29, 0.717) is 0 Å². The van der Waals surface area contributed by atoms with E-state index in [4.69, 9.17) is 0 Å². The number of aromatic nitrogens is 2. The Morgan fingerprint density at radius 2 is 0.750 bits per heavy atom. The summed E-state index contributed by atoms with van der Waals surface area (Å²) in [7, 11) is 4.22. The fourth-order valence-corrected chi connectivity index (χ4v) is 7.65. The molecule has 0 aliphatic carbocycles. The molecule has 0 unspecified atom stereocenters. The highest BCUT2D eigenvalue weighted by atomic mass is 16.3. The van der Waals surface area contributed by atoms with E-state index in [1.54, 1.807) is 0 Å². The zero-order valence-electron chi connectivity index (χ0n) is 24.3. The highest BCUT2D eigenvalue weighted by molar-refractivity contribution is 6.35. The molecule has 0 fully saturated rings. The van der Waals surface area contributed by atoms with E-state index in [2.05, 4.69) is 96.0 Å². The zero-order valence-corrected chi connectivity index (χ0v) is 24.3. The van der Waals surface area contributed by atoms with Gasteiger partial charge in [-0.2, -0.15) is 0 Å². The first-order chi connectivity index (χ1) is 21.5. The van der Waals surface area contributed by atoms with Crippen molar-refractivity contribution in [1.29, 1.82) is 0 Å². The van der Waals surface area contributed by atoms with Crippen LogP contribution in [0.25, 0.3) is 87.4 Å². The predicted octanol–water partition coefficient (Wildman–Crippen LogP) is 10.0. The van der Waals surface area contributed by atoms with Crippen molar-refractivity contribution in [2.45, 2.75) is 0 Å². The van der Waals surface area contributed by atoms with Gasteiger partial charge in [0.25, 0.3) is 0 Å². The molecule has 2 N–H and O–H groups in total. The molecule has 0 aliphatic rings. The fourth-order valence-electron chi connectivity index (χ4n) is 7.65. The van der Waals surface area contributed by atoms with Crippen LogP contribution < -0.4 is 0 Å². The maximum absolute atomic E-state index is 11.7. The average molecular weight is 569 g/mol. The molecule has 0 aliphatic heterocycles. The highest BCUT2D eigenvalue weighted by Gasteiger charge is 2.29. The first-order valence-electron chi connectivity index (χ1n) is 14.9. The molecule has 0 saturated heterocycles. The van der Waals surface area contributed by atoms with Crippen LogP contribution in [0.1, 0.15) is 0 Å². The normalized spacial score (nSPS) is 12.0. The van der Waals surface area contributed by atoms with Gasteiger partial charge < -0.3 is 19.3 Å². The Kier molecular flexibility index (Phi) is 5.01. The Morgan fingerprint density at radius 3 is 1.18 bits per heavy atom. The third kappa shape index (κ3) is 3.12. The molecule has 7 aromatic carbocycles. The number of hydrogen-bond acceptors (Lipinski definition) is 2. The Hall–Kier alpha value is -5.74. The Bertz CT molecular complexity index is 2470. The average Bonchev–Trinajstić information content (AvgIpc) is 3.52. The van der Waals surface area contributed by atoms with Gasteiger partial charge in [0.1, 0.15) is 11.5 Å². The number of benzene rings is 7. The molecule has 2 aromatic heterocycles. The number of nitrogens with zero attached hydrogens (tertiary/aromatic N) is 2. The van der Waals surface area contributed by atoms with Gasteiger partial charge in [-0.05, 0) is 45.8 Å². The minimum atomic E-state index is 0.241. The molecule has 0 bridgehead atoms. The van der Waals surface area contributed by atoms with Crippen LogP contribution in [-0.4, -0.2) is 19.3 Å².